The molecule has 0 aliphatic carbocycles. The number of carbonyl (C=O) groups excluding carboxylic acids is 1. The highest BCUT2D eigenvalue weighted by Gasteiger charge is 2.18. The van der Waals surface area contributed by atoms with Crippen LogP contribution in [0.1, 0.15) is 12.0 Å². The Kier molecular flexibility index (Phi) is 3.47. The highest BCUT2D eigenvalue weighted by atomic mass is 16.5. The van der Waals surface area contributed by atoms with E-state index in [2.05, 4.69) is 5.32 Å². The van der Waals surface area contributed by atoms with E-state index in [1.807, 2.05) is 6.07 Å². The molecule has 4 N–H and O–H groups in total. The molecule has 1 aliphatic rings. The third kappa shape index (κ3) is 2.78. The van der Waals surface area contributed by atoms with Crippen LogP contribution in [-0.2, 0) is 16.0 Å². The first-order valence-corrected chi connectivity index (χ1v) is 5.60. The second-order valence-electron chi connectivity index (χ2n) is 4.11. The molecule has 1 amide bonds. The highest BCUT2D eigenvalue weighted by molar-refractivity contribution is 5.96. The summed E-state index contributed by atoms with van der Waals surface area (Å²) in [5.74, 6) is -0.779. The number of anilines is 1. The van der Waals surface area contributed by atoms with Gasteiger partial charge < -0.3 is 20.9 Å². The van der Waals surface area contributed by atoms with E-state index in [-0.39, 0.29) is 6.42 Å². The van der Waals surface area contributed by atoms with Crippen LogP contribution in [0.25, 0.3) is 0 Å². The molecule has 1 atom stereocenters. The van der Waals surface area contributed by atoms with Gasteiger partial charge in [0.2, 0.25) is 5.91 Å². The maximum absolute atomic E-state index is 11.6. The summed E-state index contributed by atoms with van der Waals surface area (Å²) in [5.41, 5.74) is 7.09. The molecule has 6 heteroatoms. The first kappa shape index (κ1) is 12.4. The predicted octanol–water partition coefficient (Wildman–Crippen LogP) is 0.362. The molecule has 0 bridgehead atoms. The van der Waals surface area contributed by atoms with Crippen molar-refractivity contribution < 1.29 is 19.4 Å². The minimum atomic E-state index is -1.10. The van der Waals surface area contributed by atoms with Gasteiger partial charge >= 0.3 is 5.97 Å². The van der Waals surface area contributed by atoms with Crippen molar-refractivity contribution in [1.82, 2.24) is 0 Å². The smallest absolute Gasteiger partial charge is 0.305 e. The number of ether oxygens (including phenoxy) is 1. The molecule has 1 aromatic rings. The lowest BCUT2D eigenvalue weighted by molar-refractivity contribution is -0.138. The van der Waals surface area contributed by atoms with Crippen LogP contribution in [0.2, 0.25) is 0 Å². The summed E-state index contributed by atoms with van der Waals surface area (Å²) in [6.07, 6.45) is 0.417. The van der Waals surface area contributed by atoms with Crippen LogP contribution >= 0.6 is 0 Å². The number of carboxylic acid groups (broad SMARTS) is 1. The molecule has 0 saturated carbocycles. The Hall–Kier alpha value is -2.08. The monoisotopic (exact) mass is 250 g/mol. The van der Waals surface area contributed by atoms with Crippen LogP contribution in [0.5, 0.6) is 5.75 Å². The average molecular weight is 250 g/mol. The van der Waals surface area contributed by atoms with Crippen LogP contribution in [0.4, 0.5) is 5.69 Å². The molecule has 6 nitrogen and oxygen atoms in total. The fourth-order valence-corrected chi connectivity index (χ4v) is 1.78. The van der Waals surface area contributed by atoms with Crippen molar-refractivity contribution in [3.05, 3.63) is 23.8 Å². The number of rotatable bonds is 4. The Balaban J connectivity index is 2.01. The van der Waals surface area contributed by atoms with Gasteiger partial charge in [-0.15, -0.1) is 0 Å². The molecule has 18 heavy (non-hydrogen) atoms. The SMILES string of the molecule is NC(CC(=O)O)C(=O)Nc1ccc2c(c1)CCO2. The first-order valence-electron chi connectivity index (χ1n) is 5.60. The van der Waals surface area contributed by atoms with E-state index in [4.69, 9.17) is 15.6 Å². The molecule has 1 unspecified atom stereocenters. The Labute approximate surface area is 104 Å². The summed E-state index contributed by atoms with van der Waals surface area (Å²) < 4.78 is 5.34. The van der Waals surface area contributed by atoms with Gasteiger partial charge in [-0.05, 0) is 23.8 Å². The molecule has 1 aromatic carbocycles. The number of amides is 1. The van der Waals surface area contributed by atoms with Crippen LogP contribution in [0.15, 0.2) is 18.2 Å². The maximum atomic E-state index is 11.6. The van der Waals surface area contributed by atoms with Gasteiger partial charge in [0.1, 0.15) is 5.75 Å². The molecule has 0 fully saturated rings. The Morgan fingerprint density at radius 1 is 1.50 bits per heavy atom. The largest absolute Gasteiger partial charge is 0.493 e. The Morgan fingerprint density at radius 3 is 3.00 bits per heavy atom. The molecule has 0 spiro atoms. The van der Waals surface area contributed by atoms with Crippen LogP contribution in [0.3, 0.4) is 0 Å². The average Bonchev–Trinajstić information content (AvgIpc) is 2.75. The number of benzene rings is 1. The number of carboxylic acids is 1. The van der Waals surface area contributed by atoms with Gasteiger partial charge in [-0.25, -0.2) is 0 Å². The van der Waals surface area contributed by atoms with Crippen molar-refractivity contribution in [1.29, 1.82) is 0 Å². The zero-order chi connectivity index (χ0) is 13.1. The van der Waals surface area contributed by atoms with Crippen molar-refractivity contribution in [3.8, 4) is 5.75 Å². The van der Waals surface area contributed by atoms with Crippen molar-refractivity contribution in [3.63, 3.8) is 0 Å². The predicted molar refractivity (Wildman–Crippen MR) is 64.5 cm³/mol. The second-order valence-corrected chi connectivity index (χ2v) is 4.11. The van der Waals surface area contributed by atoms with E-state index in [0.29, 0.717) is 12.3 Å². The fourth-order valence-electron chi connectivity index (χ4n) is 1.78. The van der Waals surface area contributed by atoms with Gasteiger partial charge in [0.05, 0.1) is 19.1 Å². The summed E-state index contributed by atoms with van der Waals surface area (Å²) in [6.45, 7) is 0.644. The lowest BCUT2D eigenvalue weighted by atomic mass is 10.1. The topological polar surface area (TPSA) is 102 Å². The van der Waals surface area contributed by atoms with E-state index >= 15 is 0 Å². The van der Waals surface area contributed by atoms with Crippen molar-refractivity contribution in [2.24, 2.45) is 5.73 Å². The number of fused-ring (bicyclic) bond motifs is 1. The highest BCUT2D eigenvalue weighted by Crippen LogP contribution is 2.27. The normalized spacial score (nSPS) is 14.5. The van der Waals surface area contributed by atoms with Gasteiger partial charge in [-0.2, -0.15) is 0 Å². The summed E-state index contributed by atoms with van der Waals surface area (Å²) in [4.78, 5) is 22.1. The molecule has 2 rings (SSSR count). The number of nitrogens with two attached hydrogens (primary N) is 1. The molecule has 0 radical (unpaired) electrons. The van der Waals surface area contributed by atoms with Crippen LogP contribution in [-0.4, -0.2) is 29.6 Å². The Bertz CT molecular complexity index is 487. The minimum Gasteiger partial charge on any atom is -0.493 e. The molecule has 96 valence electrons. The van der Waals surface area contributed by atoms with Crippen LogP contribution < -0.4 is 15.8 Å². The third-order valence-electron chi connectivity index (χ3n) is 2.69. The van der Waals surface area contributed by atoms with Gasteiger partial charge in [0, 0.05) is 12.1 Å². The summed E-state index contributed by atoms with van der Waals surface area (Å²) in [6, 6.07) is 4.25. The molecule has 1 aliphatic heterocycles. The second kappa shape index (κ2) is 5.05. The number of aliphatic carboxylic acids is 1. The summed E-state index contributed by atoms with van der Waals surface area (Å²) in [5, 5.41) is 11.1. The van der Waals surface area contributed by atoms with E-state index in [1.54, 1.807) is 12.1 Å². The van der Waals surface area contributed by atoms with E-state index in [9.17, 15) is 9.59 Å². The van der Waals surface area contributed by atoms with E-state index < -0.39 is 17.9 Å². The van der Waals surface area contributed by atoms with E-state index in [0.717, 1.165) is 17.7 Å². The third-order valence-corrected chi connectivity index (χ3v) is 2.69. The molecular weight excluding hydrogens is 236 g/mol. The first-order chi connectivity index (χ1) is 8.56. The fraction of sp³-hybridized carbons (Fsp3) is 0.333. The lowest BCUT2D eigenvalue weighted by Gasteiger charge is -2.10. The molecule has 1 heterocycles. The minimum absolute atomic E-state index is 0.389. The van der Waals surface area contributed by atoms with Gasteiger partial charge in [0.15, 0.2) is 0 Å². The molecular formula is C12H14N2O4. The van der Waals surface area contributed by atoms with Gasteiger partial charge in [0.25, 0.3) is 0 Å². The number of carbonyl (C=O) groups is 2. The zero-order valence-corrected chi connectivity index (χ0v) is 9.68. The quantitative estimate of drug-likeness (QED) is 0.716. The van der Waals surface area contributed by atoms with Crippen molar-refractivity contribution in [2.45, 2.75) is 18.9 Å². The summed E-state index contributed by atoms with van der Waals surface area (Å²) >= 11 is 0. The van der Waals surface area contributed by atoms with Crippen molar-refractivity contribution >= 4 is 17.6 Å². The van der Waals surface area contributed by atoms with Gasteiger partial charge in [-0.1, -0.05) is 0 Å². The Morgan fingerprint density at radius 2 is 2.28 bits per heavy atom. The van der Waals surface area contributed by atoms with Gasteiger partial charge in [-0.3, -0.25) is 9.59 Å². The maximum Gasteiger partial charge on any atom is 0.305 e. The zero-order valence-electron chi connectivity index (χ0n) is 9.68. The van der Waals surface area contributed by atoms with Crippen LogP contribution in [0, 0.1) is 0 Å². The van der Waals surface area contributed by atoms with Crippen molar-refractivity contribution in [2.75, 3.05) is 11.9 Å². The summed E-state index contributed by atoms with van der Waals surface area (Å²) in [7, 11) is 0. The standard InChI is InChI=1S/C12H14N2O4/c13-9(6-11(15)16)12(17)14-8-1-2-10-7(5-8)3-4-18-10/h1-2,5,9H,3-4,6,13H2,(H,14,17)(H,15,16). The molecule has 0 aromatic heterocycles. The number of hydrogen-bond donors (Lipinski definition) is 3. The lowest BCUT2D eigenvalue weighted by Crippen LogP contribution is -2.37. The number of nitrogens with one attached hydrogen (secondary N) is 1. The number of hydrogen-bond acceptors (Lipinski definition) is 4. The molecule has 0 saturated heterocycles. The van der Waals surface area contributed by atoms with E-state index in [1.165, 1.54) is 0 Å².